The van der Waals surface area contributed by atoms with Crippen molar-refractivity contribution < 1.29 is 0 Å². The molecule has 0 saturated heterocycles. The quantitative estimate of drug-likeness (QED) is 0.827. The molecular formula is C16H19N3S. The van der Waals surface area contributed by atoms with Gasteiger partial charge in [-0.2, -0.15) is 0 Å². The van der Waals surface area contributed by atoms with E-state index in [4.69, 9.17) is 18.0 Å². The molecule has 0 bridgehead atoms. The van der Waals surface area contributed by atoms with E-state index in [9.17, 15) is 0 Å². The van der Waals surface area contributed by atoms with E-state index in [1.54, 1.807) is 6.20 Å². The van der Waals surface area contributed by atoms with Gasteiger partial charge in [-0.3, -0.25) is 4.98 Å². The Balaban J connectivity index is 1.96. The van der Waals surface area contributed by atoms with Crippen LogP contribution in [0.5, 0.6) is 0 Å². The summed E-state index contributed by atoms with van der Waals surface area (Å²) < 4.78 is 0. The van der Waals surface area contributed by atoms with Gasteiger partial charge in [-0.1, -0.05) is 37.3 Å². The van der Waals surface area contributed by atoms with Crippen molar-refractivity contribution in [2.45, 2.75) is 19.8 Å². The molecule has 0 amide bonds. The van der Waals surface area contributed by atoms with Crippen molar-refractivity contribution in [1.29, 1.82) is 0 Å². The van der Waals surface area contributed by atoms with Crippen molar-refractivity contribution in [2.75, 3.05) is 11.9 Å². The van der Waals surface area contributed by atoms with Crippen LogP contribution < -0.4 is 11.1 Å². The first-order valence-electron chi connectivity index (χ1n) is 7.08. The molecule has 3 nitrogen and oxygen atoms in total. The number of nitrogens with zero attached hydrogens (tertiary/aromatic N) is 1. The number of fused-ring (bicyclic) bond motifs is 1. The Kier molecular flexibility index (Phi) is 3.57. The lowest BCUT2D eigenvalue weighted by Gasteiger charge is -2.17. The smallest absolute Gasteiger partial charge is 0.107 e. The van der Waals surface area contributed by atoms with Crippen LogP contribution in [0.3, 0.4) is 0 Å². The maximum Gasteiger partial charge on any atom is 0.107 e. The monoisotopic (exact) mass is 285 g/mol. The molecule has 1 unspecified atom stereocenters. The van der Waals surface area contributed by atoms with E-state index in [-0.39, 0.29) is 0 Å². The first-order valence-corrected chi connectivity index (χ1v) is 7.49. The largest absolute Gasteiger partial charge is 0.389 e. The molecule has 0 aliphatic heterocycles. The normalized spacial score (nSPS) is 16.1. The summed E-state index contributed by atoms with van der Waals surface area (Å²) in [4.78, 5) is 4.82. The predicted octanol–water partition coefficient (Wildman–Crippen LogP) is 3.33. The minimum atomic E-state index is 0.393. The molecular weight excluding hydrogens is 266 g/mol. The SMILES string of the molecule is CC(CNc1c(C(N)=S)cnc2ccccc12)C1CC1. The molecule has 104 valence electrons. The number of pyridine rings is 1. The van der Waals surface area contributed by atoms with E-state index in [1.165, 1.54) is 12.8 Å². The third kappa shape index (κ3) is 2.61. The van der Waals surface area contributed by atoms with Gasteiger partial charge in [-0.15, -0.1) is 0 Å². The number of anilines is 1. The van der Waals surface area contributed by atoms with E-state index in [1.807, 2.05) is 18.2 Å². The lowest BCUT2D eigenvalue weighted by Crippen LogP contribution is -2.18. The van der Waals surface area contributed by atoms with Crippen LogP contribution in [-0.4, -0.2) is 16.5 Å². The van der Waals surface area contributed by atoms with Crippen LogP contribution in [0.15, 0.2) is 30.5 Å². The number of nitrogens with one attached hydrogen (secondary N) is 1. The molecule has 1 aliphatic carbocycles. The maximum absolute atomic E-state index is 5.84. The van der Waals surface area contributed by atoms with Crippen LogP contribution >= 0.6 is 12.2 Å². The summed E-state index contributed by atoms with van der Waals surface area (Å²) in [6.45, 7) is 3.25. The molecule has 1 heterocycles. The molecule has 1 atom stereocenters. The summed E-state index contributed by atoms with van der Waals surface area (Å²) in [6.07, 6.45) is 4.50. The average molecular weight is 285 g/mol. The molecule has 1 aromatic carbocycles. The zero-order valence-corrected chi connectivity index (χ0v) is 12.4. The zero-order valence-electron chi connectivity index (χ0n) is 11.6. The molecule has 2 aromatic rings. The first-order chi connectivity index (χ1) is 9.66. The van der Waals surface area contributed by atoms with Gasteiger partial charge in [0.1, 0.15) is 4.99 Å². The predicted molar refractivity (Wildman–Crippen MR) is 88.0 cm³/mol. The number of hydrogen-bond donors (Lipinski definition) is 2. The minimum absolute atomic E-state index is 0.393. The maximum atomic E-state index is 5.84. The Hall–Kier alpha value is -1.68. The molecule has 1 aliphatic rings. The molecule has 4 heteroatoms. The van der Waals surface area contributed by atoms with Gasteiger partial charge in [0.05, 0.1) is 16.8 Å². The highest BCUT2D eigenvalue weighted by Gasteiger charge is 2.27. The van der Waals surface area contributed by atoms with Gasteiger partial charge in [0.2, 0.25) is 0 Å². The second-order valence-corrected chi connectivity index (χ2v) is 6.06. The topological polar surface area (TPSA) is 50.9 Å². The van der Waals surface area contributed by atoms with Crippen molar-refractivity contribution in [3.8, 4) is 0 Å². The van der Waals surface area contributed by atoms with Crippen LogP contribution in [0.25, 0.3) is 10.9 Å². The van der Waals surface area contributed by atoms with Gasteiger partial charge in [-0.25, -0.2) is 0 Å². The third-order valence-corrected chi connectivity index (χ3v) is 4.29. The number of benzene rings is 1. The van der Waals surface area contributed by atoms with Crippen molar-refractivity contribution >= 4 is 33.8 Å². The Morgan fingerprint density at radius 2 is 2.20 bits per heavy atom. The molecule has 0 radical (unpaired) electrons. The standard InChI is InChI=1S/C16H19N3S/c1-10(11-6-7-11)8-19-15-12-4-2-3-5-14(12)18-9-13(15)16(17)20/h2-5,9-11H,6-8H2,1H3,(H2,17,20)(H,18,19). The number of aromatic nitrogens is 1. The molecule has 0 spiro atoms. The van der Waals surface area contributed by atoms with E-state index < -0.39 is 0 Å². The number of para-hydroxylation sites is 1. The second kappa shape index (κ2) is 5.37. The highest BCUT2D eigenvalue weighted by Crippen LogP contribution is 2.37. The minimum Gasteiger partial charge on any atom is -0.389 e. The molecule has 20 heavy (non-hydrogen) atoms. The van der Waals surface area contributed by atoms with Crippen molar-refractivity contribution in [3.05, 3.63) is 36.0 Å². The fourth-order valence-electron chi connectivity index (χ4n) is 2.61. The molecule has 3 rings (SSSR count). The van der Waals surface area contributed by atoms with E-state index in [0.717, 1.165) is 34.6 Å². The highest BCUT2D eigenvalue weighted by molar-refractivity contribution is 7.80. The Morgan fingerprint density at radius 1 is 1.45 bits per heavy atom. The Labute approximate surface area is 124 Å². The van der Waals surface area contributed by atoms with Crippen molar-refractivity contribution in [1.82, 2.24) is 4.98 Å². The molecule has 3 N–H and O–H groups in total. The number of thiocarbonyl (C=S) groups is 1. The number of rotatable bonds is 5. The van der Waals surface area contributed by atoms with E-state index >= 15 is 0 Å². The summed E-state index contributed by atoms with van der Waals surface area (Å²) in [7, 11) is 0. The van der Waals surface area contributed by atoms with Crippen LogP contribution in [0, 0.1) is 11.8 Å². The Morgan fingerprint density at radius 3 is 2.90 bits per heavy atom. The van der Waals surface area contributed by atoms with Crippen LogP contribution in [0.4, 0.5) is 5.69 Å². The van der Waals surface area contributed by atoms with E-state index in [2.05, 4.69) is 23.3 Å². The number of nitrogens with two attached hydrogens (primary N) is 1. The third-order valence-electron chi connectivity index (χ3n) is 4.07. The van der Waals surface area contributed by atoms with Crippen LogP contribution in [0.2, 0.25) is 0 Å². The fraction of sp³-hybridized carbons (Fsp3) is 0.375. The Bertz CT molecular complexity index is 649. The summed E-state index contributed by atoms with van der Waals surface area (Å²) in [5, 5.41) is 4.64. The molecule has 1 saturated carbocycles. The van der Waals surface area contributed by atoms with Gasteiger partial charge in [0, 0.05) is 18.1 Å². The zero-order chi connectivity index (χ0) is 14.1. The van der Waals surface area contributed by atoms with Crippen LogP contribution in [0.1, 0.15) is 25.3 Å². The van der Waals surface area contributed by atoms with Crippen molar-refractivity contribution in [3.63, 3.8) is 0 Å². The second-order valence-electron chi connectivity index (χ2n) is 5.62. The van der Waals surface area contributed by atoms with Gasteiger partial charge >= 0.3 is 0 Å². The van der Waals surface area contributed by atoms with Crippen LogP contribution in [-0.2, 0) is 0 Å². The van der Waals surface area contributed by atoms with Gasteiger partial charge in [-0.05, 0) is 30.7 Å². The summed E-state index contributed by atoms with van der Waals surface area (Å²) >= 11 is 5.15. The first kappa shape index (κ1) is 13.3. The summed E-state index contributed by atoms with van der Waals surface area (Å²) in [5.41, 5.74) is 8.66. The summed E-state index contributed by atoms with van der Waals surface area (Å²) in [5.74, 6) is 1.56. The lowest BCUT2D eigenvalue weighted by molar-refractivity contribution is 0.537. The fourth-order valence-corrected chi connectivity index (χ4v) is 2.77. The molecule has 1 fully saturated rings. The van der Waals surface area contributed by atoms with Gasteiger partial charge in [0.25, 0.3) is 0 Å². The summed E-state index contributed by atoms with van der Waals surface area (Å²) in [6, 6.07) is 8.08. The van der Waals surface area contributed by atoms with E-state index in [0.29, 0.717) is 10.9 Å². The highest BCUT2D eigenvalue weighted by atomic mass is 32.1. The van der Waals surface area contributed by atoms with Gasteiger partial charge < -0.3 is 11.1 Å². The van der Waals surface area contributed by atoms with Gasteiger partial charge in [0.15, 0.2) is 0 Å². The van der Waals surface area contributed by atoms with Crippen molar-refractivity contribution in [2.24, 2.45) is 17.6 Å². The average Bonchev–Trinajstić information content (AvgIpc) is 3.28. The molecule has 1 aromatic heterocycles. The lowest BCUT2D eigenvalue weighted by atomic mass is 10.1. The number of hydrogen-bond acceptors (Lipinski definition) is 3.